The molecule has 5 atom stereocenters. The second-order valence-electron chi connectivity index (χ2n) is 24.3. The van der Waals surface area contributed by atoms with Gasteiger partial charge in [-0.2, -0.15) is 0 Å². The van der Waals surface area contributed by atoms with Gasteiger partial charge in [-0.1, -0.05) is 242 Å². The van der Waals surface area contributed by atoms with Gasteiger partial charge in [0.15, 0.2) is 12.2 Å². The molecule has 81 heavy (non-hydrogen) atoms. The molecule has 0 saturated heterocycles. The van der Waals surface area contributed by atoms with E-state index < -0.39 is 97.5 Å². The summed E-state index contributed by atoms with van der Waals surface area (Å²) in [6.07, 6.45) is 31.1. The first kappa shape index (κ1) is 79.1. The lowest BCUT2D eigenvalue weighted by Gasteiger charge is -2.21. The van der Waals surface area contributed by atoms with E-state index in [0.717, 1.165) is 108 Å². The first-order valence-corrected chi connectivity index (χ1v) is 35.2. The molecule has 17 nitrogen and oxygen atoms in total. The SMILES string of the molecule is CC(C)CCCCCCCCCCC(=O)OC[C@H](COP(=O)(O)OCC(O)COP(=O)(O)OC[C@@H](COC(=O)CCCCCCCCC(C)C)OC(=O)CCCCCCCCCCC(C)C)OC(=O)CCCCCCCCCC(C)C. The lowest BCUT2D eigenvalue weighted by atomic mass is 10.0. The number of phosphoric acid groups is 2. The molecule has 0 fully saturated rings. The van der Waals surface area contributed by atoms with Crippen LogP contribution < -0.4 is 0 Å². The predicted octanol–water partition coefficient (Wildman–Crippen LogP) is 16.6. The van der Waals surface area contributed by atoms with Gasteiger partial charge >= 0.3 is 39.5 Å². The molecule has 0 aliphatic rings. The number of aliphatic hydroxyl groups is 1. The molecular formula is C62H120O17P2. The van der Waals surface area contributed by atoms with Gasteiger partial charge in [0.1, 0.15) is 19.3 Å². The molecule has 480 valence electrons. The van der Waals surface area contributed by atoms with Crippen LogP contribution in [-0.4, -0.2) is 96.7 Å². The molecule has 0 aromatic rings. The average Bonchev–Trinajstić information content (AvgIpc) is 3.40. The third kappa shape index (κ3) is 56.9. The summed E-state index contributed by atoms with van der Waals surface area (Å²) in [5.41, 5.74) is 0. The monoisotopic (exact) mass is 1200 g/mol. The molecule has 0 rings (SSSR count). The Bertz CT molecular complexity index is 1630. The van der Waals surface area contributed by atoms with Gasteiger partial charge < -0.3 is 33.8 Å². The summed E-state index contributed by atoms with van der Waals surface area (Å²) in [4.78, 5) is 72.1. The molecule has 0 heterocycles. The smallest absolute Gasteiger partial charge is 0.462 e. The number of carbonyl (C=O) groups is 4. The van der Waals surface area contributed by atoms with Crippen molar-refractivity contribution in [1.82, 2.24) is 0 Å². The first-order chi connectivity index (χ1) is 38.6. The Hall–Kier alpha value is -1.94. The van der Waals surface area contributed by atoms with Crippen molar-refractivity contribution < 1.29 is 80.2 Å². The van der Waals surface area contributed by atoms with Crippen LogP contribution in [0.2, 0.25) is 0 Å². The van der Waals surface area contributed by atoms with Gasteiger partial charge in [-0.25, -0.2) is 9.13 Å². The van der Waals surface area contributed by atoms with E-state index in [1.54, 1.807) is 0 Å². The molecule has 0 saturated carbocycles. The van der Waals surface area contributed by atoms with E-state index in [1.807, 2.05) is 0 Å². The van der Waals surface area contributed by atoms with Gasteiger partial charge in [0, 0.05) is 25.7 Å². The van der Waals surface area contributed by atoms with Crippen LogP contribution in [0, 0.1) is 23.7 Å². The second kappa shape index (κ2) is 52.4. The number of hydrogen-bond donors (Lipinski definition) is 3. The lowest BCUT2D eigenvalue weighted by Crippen LogP contribution is -2.30. The Kier molecular flexibility index (Phi) is 51.1. The molecule has 0 aromatic carbocycles. The molecule has 0 spiro atoms. The number of rotatable bonds is 59. The Labute approximate surface area is 492 Å². The molecule has 0 aromatic heterocycles. The van der Waals surface area contributed by atoms with Crippen molar-refractivity contribution in [3.63, 3.8) is 0 Å². The number of ether oxygens (including phenoxy) is 4. The average molecular weight is 1200 g/mol. The highest BCUT2D eigenvalue weighted by atomic mass is 31.2. The topological polar surface area (TPSA) is 237 Å². The lowest BCUT2D eigenvalue weighted by molar-refractivity contribution is -0.161. The standard InChI is InChI=1S/C62H120O17P2/c1-52(2)38-30-22-14-9-11-17-26-34-42-59(64)72-48-57(79-62(67)45-37-29-19-13-16-24-32-40-54(5)6)50-76-80(68,69)74-46-56(63)47-75-81(70,71)77-51-58(49-73-60(65)43-35-27-21-20-25-33-41-55(7)8)78-61(66)44-36-28-18-12-10-15-23-31-39-53(3)4/h52-58,63H,9-51H2,1-8H3,(H,68,69)(H,70,71)/t56?,57-,58-/m1/s1. The molecule has 0 radical (unpaired) electrons. The zero-order valence-electron chi connectivity index (χ0n) is 52.4. The van der Waals surface area contributed by atoms with Gasteiger partial charge in [0.05, 0.1) is 26.4 Å². The molecule has 0 aliphatic carbocycles. The van der Waals surface area contributed by atoms with E-state index in [9.17, 15) is 43.2 Å². The first-order valence-electron chi connectivity index (χ1n) is 32.2. The molecule has 19 heteroatoms. The molecule has 0 bridgehead atoms. The van der Waals surface area contributed by atoms with Crippen LogP contribution >= 0.6 is 15.6 Å². The van der Waals surface area contributed by atoms with Gasteiger partial charge in [-0.05, 0) is 49.4 Å². The van der Waals surface area contributed by atoms with E-state index in [-0.39, 0.29) is 25.7 Å². The summed E-state index contributed by atoms with van der Waals surface area (Å²) in [6.45, 7) is 13.8. The zero-order chi connectivity index (χ0) is 60.4. The highest BCUT2D eigenvalue weighted by Crippen LogP contribution is 2.45. The number of carbonyl (C=O) groups excluding carboxylic acids is 4. The van der Waals surface area contributed by atoms with Gasteiger partial charge in [0.2, 0.25) is 0 Å². The van der Waals surface area contributed by atoms with E-state index in [4.69, 9.17) is 37.0 Å². The van der Waals surface area contributed by atoms with Crippen molar-refractivity contribution in [2.75, 3.05) is 39.6 Å². The van der Waals surface area contributed by atoms with Gasteiger partial charge in [-0.3, -0.25) is 37.3 Å². The molecule has 3 unspecified atom stereocenters. The number of esters is 4. The maximum Gasteiger partial charge on any atom is 0.472 e. The number of unbranched alkanes of at least 4 members (excludes halogenated alkanes) is 25. The summed E-state index contributed by atoms with van der Waals surface area (Å²) in [7, 11) is -9.88. The van der Waals surface area contributed by atoms with Crippen molar-refractivity contribution in [3.05, 3.63) is 0 Å². The highest BCUT2D eigenvalue weighted by molar-refractivity contribution is 7.47. The number of phosphoric ester groups is 2. The fourth-order valence-corrected chi connectivity index (χ4v) is 10.7. The molecule has 0 amide bonds. The van der Waals surface area contributed by atoms with Crippen LogP contribution in [0.4, 0.5) is 0 Å². The van der Waals surface area contributed by atoms with Crippen LogP contribution in [0.5, 0.6) is 0 Å². The van der Waals surface area contributed by atoms with E-state index >= 15 is 0 Å². The highest BCUT2D eigenvalue weighted by Gasteiger charge is 2.30. The fourth-order valence-electron chi connectivity index (χ4n) is 9.08. The van der Waals surface area contributed by atoms with Crippen LogP contribution in [-0.2, 0) is 65.4 Å². The summed E-state index contributed by atoms with van der Waals surface area (Å²) >= 11 is 0. The Morgan fingerprint density at radius 2 is 0.519 bits per heavy atom. The third-order valence-electron chi connectivity index (χ3n) is 14.1. The largest absolute Gasteiger partial charge is 0.472 e. The minimum absolute atomic E-state index is 0.102. The Morgan fingerprint density at radius 3 is 0.765 bits per heavy atom. The minimum atomic E-state index is -4.94. The van der Waals surface area contributed by atoms with Crippen LogP contribution in [0.15, 0.2) is 0 Å². The Morgan fingerprint density at radius 1 is 0.309 bits per heavy atom. The van der Waals surface area contributed by atoms with Crippen LogP contribution in [0.1, 0.15) is 293 Å². The number of hydrogen-bond acceptors (Lipinski definition) is 15. The normalized spacial score (nSPS) is 14.5. The van der Waals surface area contributed by atoms with Crippen molar-refractivity contribution in [1.29, 1.82) is 0 Å². The zero-order valence-corrected chi connectivity index (χ0v) is 54.2. The van der Waals surface area contributed by atoms with E-state index in [2.05, 4.69) is 55.4 Å². The molecular weight excluding hydrogens is 1080 g/mol. The minimum Gasteiger partial charge on any atom is -0.462 e. The summed E-state index contributed by atoms with van der Waals surface area (Å²) < 4.78 is 67.8. The van der Waals surface area contributed by atoms with Crippen molar-refractivity contribution >= 4 is 39.5 Å². The molecule has 3 N–H and O–H groups in total. The van der Waals surface area contributed by atoms with Crippen molar-refractivity contribution in [2.45, 2.75) is 311 Å². The number of aliphatic hydroxyl groups excluding tert-OH is 1. The Balaban J connectivity index is 5.25. The van der Waals surface area contributed by atoms with Crippen LogP contribution in [0.25, 0.3) is 0 Å². The predicted molar refractivity (Wildman–Crippen MR) is 321 cm³/mol. The summed E-state index contributed by atoms with van der Waals surface area (Å²) in [5, 5.41) is 10.5. The van der Waals surface area contributed by atoms with Gasteiger partial charge in [-0.15, -0.1) is 0 Å². The summed E-state index contributed by atoms with van der Waals surface area (Å²) in [6, 6.07) is 0. The second-order valence-corrected chi connectivity index (χ2v) is 27.3. The quantitative estimate of drug-likeness (QED) is 0.0222. The summed E-state index contributed by atoms with van der Waals surface area (Å²) in [5.74, 6) is 0.673. The van der Waals surface area contributed by atoms with E-state index in [1.165, 1.54) is 89.9 Å². The maximum absolute atomic E-state index is 12.9. The van der Waals surface area contributed by atoms with Crippen molar-refractivity contribution in [2.24, 2.45) is 23.7 Å². The maximum atomic E-state index is 12.9. The van der Waals surface area contributed by atoms with Crippen molar-refractivity contribution in [3.8, 4) is 0 Å². The van der Waals surface area contributed by atoms with E-state index in [0.29, 0.717) is 37.5 Å². The molecule has 0 aliphatic heterocycles. The fraction of sp³-hybridized carbons (Fsp3) is 0.935. The van der Waals surface area contributed by atoms with Gasteiger partial charge in [0.25, 0.3) is 0 Å². The third-order valence-corrected chi connectivity index (χ3v) is 16.0. The van der Waals surface area contributed by atoms with Crippen LogP contribution in [0.3, 0.4) is 0 Å².